The Morgan fingerprint density at radius 3 is 2.50 bits per heavy atom. The summed E-state index contributed by atoms with van der Waals surface area (Å²) in [7, 11) is 1.67. The van der Waals surface area contributed by atoms with E-state index < -0.39 is 5.97 Å². The van der Waals surface area contributed by atoms with E-state index in [2.05, 4.69) is 35.2 Å². The van der Waals surface area contributed by atoms with Crippen molar-refractivity contribution in [2.75, 3.05) is 26.0 Å². The molecule has 1 N–H and O–H groups in total. The Labute approximate surface area is 245 Å². The average molecular weight is 585 g/mol. The minimum Gasteiger partial charge on any atom is -0.496 e. The van der Waals surface area contributed by atoms with Gasteiger partial charge in [-0.25, -0.2) is 0 Å². The molecular formula is C31H37ClN2O5S. The number of carboxylic acids is 1. The highest BCUT2D eigenvalue weighted by atomic mass is 35.5. The highest BCUT2D eigenvalue weighted by Gasteiger charge is 2.33. The van der Waals surface area contributed by atoms with Crippen molar-refractivity contribution in [3.05, 3.63) is 58.1 Å². The van der Waals surface area contributed by atoms with Crippen LogP contribution in [0.1, 0.15) is 67.7 Å². The molecule has 5 rings (SSSR count). The van der Waals surface area contributed by atoms with Gasteiger partial charge in [0.1, 0.15) is 5.75 Å². The third-order valence-corrected chi connectivity index (χ3v) is 9.89. The van der Waals surface area contributed by atoms with Crippen LogP contribution in [0.5, 0.6) is 5.75 Å². The zero-order valence-corrected chi connectivity index (χ0v) is 24.5. The summed E-state index contributed by atoms with van der Waals surface area (Å²) in [6.07, 6.45) is 6.05. The number of hydrogen-bond donors (Lipinski definition) is 1. The molecule has 2 aromatic carbocycles. The van der Waals surface area contributed by atoms with Gasteiger partial charge in [0.15, 0.2) is 0 Å². The lowest BCUT2D eigenvalue weighted by Crippen LogP contribution is -2.34. The van der Waals surface area contributed by atoms with E-state index in [0.717, 1.165) is 72.8 Å². The molecular weight excluding hydrogens is 548 g/mol. The van der Waals surface area contributed by atoms with Crippen molar-refractivity contribution in [2.45, 2.75) is 68.8 Å². The molecule has 1 saturated carbocycles. The van der Waals surface area contributed by atoms with Crippen LogP contribution in [0.2, 0.25) is 5.02 Å². The smallest absolute Gasteiger partial charge is 0.306 e. The number of thioether (sulfide) groups is 1. The molecule has 0 unspecified atom stereocenters. The SMILES string of the molecule is COc1cc(CN(C[C@H]2CC[C@H](C(=O)O)CC2)[C@H]2CCc3cc(Cl)ccc32)ccc1SCCN1C(=O)CCC1=O. The molecule has 0 bridgehead atoms. The summed E-state index contributed by atoms with van der Waals surface area (Å²) in [6.45, 7) is 2.11. The van der Waals surface area contributed by atoms with Crippen molar-refractivity contribution >= 4 is 41.1 Å². The molecule has 0 radical (unpaired) electrons. The fourth-order valence-electron chi connectivity index (χ4n) is 6.45. The van der Waals surface area contributed by atoms with Gasteiger partial charge < -0.3 is 9.84 Å². The summed E-state index contributed by atoms with van der Waals surface area (Å²) in [4.78, 5) is 40.2. The number of likely N-dealkylation sites (tertiary alicyclic amines) is 1. The Bertz CT molecular complexity index is 1250. The van der Waals surface area contributed by atoms with Crippen molar-refractivity contribution < 1.29 is 24.2 Å². The quantitative estimate of drug-likeness (QED) is 0.257. The first-order chi connectivity index (χ1) is 19.3. The Hall–Kier alpha value is -2.55. The molecule has 1 atom stereocenters. The van der Waals surface area contributed by atoms with Gasteiger partial charge in [-0.15, -0.1) is 11.8 Å². The van der Waals surface area contributed by atoms with Gasteiger partial charge in [0.05, 0.1) is 13.0 Å². The summed E-state index contributed by atoms with van der Waals surface area (Å²) in [5, 5.41) is 10.2. The molecule has 0 spiro atoms. The maximum absolute atomic E-state index is 11.9. The monoisotopic (exact) mass is 584 g/mol. The summed E-state index contributed by atoms with van der Waals surface area (Å²) in [6, 6.07) is 12.8. The number of halogens is 1. The molecule has 40 heavy (non-hydrogen) atoms. The largest absolute Gasteiger partial charge is 0.496 e. The number of carbonyl (C=O) groups is 3. The fraction of sp³-hybridized carbons (Fsp3) is 0.516. The summed E-state index contributed by atoms with van der Waals surface area (Å²) >= 11 is 7.89. The normalized spacial score (nSPS) is 22.7. The van der Waals surface area contributed by atoms with Crippen LogP contribution in [0.3, 0.4) is 0 Å². The molecule has 0 aromatic heterocycles. The molecule has 9 heteroatoms. The molecule has 2 amide bonds. The van der Waals surface area contributed by atoms with Gasteiger partial charge in [0, 0.05) is 54.2 Å². The van der Waals surface area contributed by atoms with Crippen molar-refractivity contribution in [1.82, 2.24) is 9.80 Å². The zero-order chi connectivity index (χ0) is 28.2. The van der Waals surface area contributed by atoms with Crippen molar-refractivity contribution in [2.24, 2.45) is 11.8 Å². The minimum absolute atomic E-state index is 0.0831. The van der Waals surface area contributed by atoms with Crippen LogP contribution in [0, 0.1) is 11.8 Å². The Balaban J connectivity index is 1.29. The number of fused-ring (bicyclic) bond motifs is 1. The van der Waals surface area contributed by atoms with Crippen LogP contribution in [-0.2, 0) is 27.3 Å². The van der Waals surface area contributed by atoms with E-state index in [9.17, 15) is 19.5 Å². The summed E-state index contributed by atoms with van der Waals surface area (Å²) in [5.74, 6) is 0.845. The van der Waals surface area contributed by atoms with Gasteiger partial charge in [-0.2, -0.15) is 0 Å². The second-order valence-corrected chi connectivity index (χ2v) is 12.7. The number of amides is 2. The maximum atomic E-state index is 11.9. The van der Waals surface area contributed by atoms with Crippen molar-refractivity contribution in [1.29, 1.82) is 0 Å². The molecule has 214 valence electrons. The number of benzene rings is 2. The first-order valence-electron chi connectivity index (χ1n) is 14.2. The Kier molecular flexibility index (Phi) is 9.38. The fourth-order valence-corrected chi connectivity index (χ4v) is 7.59. The van der Waals surface area contributed by atoms with E-state index in [1.54, 1.807) is 18.9 Å². The summed E-state index contributed by atoms with van der Waals surface area (Å²) < 4.78 is 5.75. The third-order valence-electron chi connectivity index (χ3n) is 8.62. The van der Waals surface area contributed by atoms with Gasteiger partial charge in [-0.1, -0.05) is 23.7 Å². The number of methoxy groups -OCH3 is 1. The lowest BCUT2D eigenvalue weighted by Gasteiger charge is -2.35. The number of ether oxygens (including phenoxy) is 1. The Morgan fingerprint density at radius 2 is 1.80 bits per heavy atom. The summed E-state index contributed by atoms with van der Waals surface area (Å²) in [5.41, 5.74) is 3.82. The van der Waals surface area contributed by atoms with Gasteiger partial charge in [0.25, 0.3) is 0 Å². The number of nitrogens with zero attached hydrogens (tertiary/aromatic N) is 2. The van der Waals surface area contributed by atoms with Crippen molar-refractivity contribution in [3.63, 3.8) is 0 Å². The number of imide groups is 1. The van der Waals surface area contributed by atoms with Crippen LogP contribution in [0.15, 0.2) is 41.3 Å². The van der Waals surface area contributed by atoms with E-state index in [1.165, 1.54) is 16.0 Å². The number of carboxylic acid groups (broad SMARTS) is 1. The first-order valence-corrected chi connectivity index (χ1v) is 15.6. The van der Waals surface area contributed by atoms with E-state index >= 15 is 0 Å². The number of rotatable bonds is 11. The standard InChI is InChI=1S/C31H37ClN2O5S/c1-39-27-16-21(4-11-28(27)40-15-14-34-29(35)12-13-30(34)36)19-33(18-20-2-5-22(6-3-20)31(37)38)26-10-7-23-17-24(32)8-9-25(23)26/h4,8-9,11,16-17,20,22,26H,2-3,5-7,10,12-15,18-19H2,1H3,(H,37,38)/t20-,22-,26-/m0/s1. The van der Waals surface area contributed by atoms with Gasteiger partial charge in [-0.3, -0.25) is 24.2 Å². The Morgan fingerprint density at radius 1 is 1.05 bits per heavy atom. The zero-order valence-electron chi connectivity index (χ0n) is 22.9. The third kappa shape index (κ3) is 6.67. The van der Waals surface area contributed by atoms with Crippen molar-refractivity contribution in [3.8, 4) is 5.75 Å². The van der Waals surface area contributed by atoms with Crippen LogP contribution in [0.25, 0.3) is 0 Å². The number of aryl methyl sites for hydroxylation is 1. The second kappa shape index (κ2) is 13.0. The van der Waals surface area contributed by atoms with Crippen LogP contribution < -0.4 is 4.74 Å². The lowest BCUT2D eigenvalue weighted by atomic mass is 9.81. The predicted octanol–water partition coefficient (Wildman–Crippen LogP) is 5.97. The molecule has 2 fully saturated rings. The first kappa shape index (κ1) is 29.0. The van der Waals surface area contributed by atoms with E-state index in [-0.39, 0.29) is 17.7 Å². The molecule has 1 aliphatic heterocycles. The van der Waals surface area contributed by atoms with E-state index in [0.29, 0.717) is 37.1 Å². The van der Waals surface area contributed by atoms with Crippen LogP contribution in [-0.4, -0.2) is 58.6 Å². The molecule has 7 nitrogen and oxygen atoms in total. The molecule has 2 aromatic rings. The number of hydrogen-bond acceptors (Lipinski definition) is 6. The minimum atomic E-state index is -0.666. The van der Waals surface area contributed by atoms with Crippen LogP contribution in [0.4, 0.5) is 0 Å². The average Bonchev–Trinajstić information content (AvgIpc) is 3.51. The van der Waals surface area contributed by atoms with Crippen LogP contribution >= 0.6 is 23.4 Å². The van der Waals surface area contributed by atoms with Gasteiger partial charge in [-0.05, 0) is 85.4 Å². The van der Waals surface area contributed by atoms with Gasteiger partial charge in [0.2, 0.25) is 11.8 Å². The highest BCUT2D eigenvalue weighted by molar-refractivity contribution is 7.99. The predicted molar refractivity (Wildman–Crippen MR) is 156 cm³/mol. The molecule has 2 aliphatic carbocycles. The number of aliphatic carboxylic acids is 1. The lowest BCUT2D eigenvalue weighted by molar-refractivity contribution is -0.143. The van der Waals surface area contributed by atoms with E-state index in [4.69, 9.17) is 16.3 Å². The second-order valence-electron chi connectivity index (χ2n) is 11.2. The highest BCUT2D eigenvalue weighted by Crippen LogP contribution is 2.40. The topological polar surface area (TPSA) is 87.2 Å². The molecule has 1 heterocycles. The molecule has 3 aliphatic rings. The van der Waals surface area contributed by atoms with E-state index in [1.807, 2.05) is 6.07 Å². The number of carbonyl (C=O) groups excluding carboxylic acids is 2. The molecule has 1 saturated heterocycles. The maximum Gasteiger partial charge on any atom is 0.306 e. The van der Waals surface area contributed by atoms with Gasteiger partial charge >= 0.3 is 5.97 Å².